The Morgan fingerprint density at radius 3 is 2.68 bits per heavy atom. The molecular weight excluding hydrogens is 332 g/mol. The SMILES string of the molecule is CC(C)n1cnnc1SCC(=O)NCC1(c2ccccc2)CCCC1. The van der Waals surface area contributed by atoms with Gasteiger partial charge in [-0.05, 0) is 32.3 Å². The average molecular weight is 359 g/mol. The first-order valence-electron chi connectivity index (χ1n) is 8.95. The highest BCUT2D eigenvalue weighted by atomic mass is 32.2. The molecule has 0 atom stereocenters. The van der Waals surface area contributed by atoms with Gasteiger partial charge in [0.2, 0.25) is 5.91 Å². The van der Waals surface area contributed by atoms with E-state index >= 15 is 0 Å². The highest BCUT2D eigenvalue weighted by Crippen LogP contribution is 2.40. The molecule has 25 heavy (non-hydrogen) atoms. The van der Waals surface area contributed by atoms with E-state index < -0.39 is 0 Å². The lowest BCUT2D eigenvalue weighted by molar-refractivity contribution is -0.118. The van der Waals surface area contributed by atoms with Crippen molar-refractivity contribution in [3.8, 4) is 0 Å². The number of amides is 1. The molecule has 0 unspecified atom stereocenters. The zero-order chi connectivity index (χ0) is 17.7. The van der Waals surface area contributed by atoms with E-state index in [1.54, 1.807) is 6.33 Å². The van der Waals surface area contributed by atoms with E-state index in [1.807, 2.05) is 10.6 Å². The maximum Gasteiger partial charge on any atom is 0.230 e. The number of carbonyl (C=O) groups excluding carboxylic acids is 1. The lowest BCUT2D eigenvalue weighted by atomic mass is 9.79. The Morgan fingerprint density at radius 1 is 1.28 bits per heavy atom. The number of aromatic nitrogens is 3. The molecule has 3 rings (SSSR count). The molecule has 0 aliphatic heterocycles. The Balaban J connectivity index is 1.57. The number of thioether (sulfide) groups is 1. The van der Waals surface area contributed by atoms with Gasteiger partial charge in [-0.25, -0.2) is 0 Å². The van der Waals surface area contributed by atoms with E-state index in [0.29, 0.717) is 18.3 Å². The van der Waals surface area contributed by atoms with Crippen LogP contribution < -0.4 is 5.32 Å². The summed E-state index contributed by atoms with van der Waals surface area (Å²) in [7, 11) is 0. The number of carbonyl (C=O) groups is 1. The van der Waals surface area contributed by atoms with Crippen molar-refractivity contribution >= 4 is 17.7 Å². The van der Waals surface area contributed by atoms with Crippen LogP contribution in [0.2, 0.25) is 0 Å². The lowest BCUT2D eigenvalue weighted by Gasteiger charge is -2.30. The Labute approximate surface area is 153 Å². The smallest absolute Gasteiger partial charge is 0.230 e. The average Bonchev–Trinajstić information content (AvgIpc) is 3.29. The van der Waals surface area contributed by atoms with Crippen molar-refractivity contribution in [1.29, 1.82) is 0 Å². The topological polar surface area (TPSA) is 59.8 Å². The molecule has 134 valence electrons. The van der Waals surface area contributed by atoms with Gasteiger partial charge in [0.15, 0.2) is 5.16 Å². The first kappa shape index (κ1) is 18.0. The Hall–Kier alpha value is -1.82. The summed E-state index contributed by atoms with van der Waals surface area (Å²) < 4.78 is 1.99. The van der Waals surface area contributed by atoms with Crippen LogP contribution in [0.3, 0.4) is 0 Å². The second kappa shape index (κ2) is 8.04. The molecule has 5 nitrogen and oxygen atoms in total. The van der Waals surface area contributed by atoms with Crippen molar-refractivity contribution in [3.05, 3.63) is 42.2 Å². The number of rotatable bonds is 7. The monoisotopic (exact) mass is 358 g/mol. The molecule has 2 aromatic rings. The molecule has 1 saturated carbocycles. The molecule has 1 N–H and O–H groups in total. The minimum absolute atomic E-state index is 0.0607. The number of nitrogens with one attached hydrogen (secondary N) is 1. The third kappa shape index (κ3) is 4.24. The van der Waals surface area contributed by atoms with Gasteiger partial charge >= 0.3 is 0 Å². The minimum atomic E-state index is 0.0607. The Morgan fingerprint density at radius 2 is 2.00 bits per heavy atom. The van der Waals surface area contributed by atoms with Crippen LogP contribution in [0.25, 0.3) is 0 Å². The first-order chi connectivity index (χ1) is 12.1. The van der Waals surface area contributed by atoms with Gasteiger partial charge in [0.1, 0.15) is 6.33 Å². The maximum atomic E-state index is 12.4. The van der Waals surface area contributed by atoms with E-state index in [1.165, 1.54) is 30.2 Å². The fourth-order valence-corrected chi connectivity index (χ4v) is 4.42. The fourth-order valence-electron chi connectivity index (χ4n) is 3.55. The van der Waals surface area contributed by atoms with E-state index in [0.717, 1.165) is 18.0 Å². The summed E-state index contributed by atoms with van der Waals surface area (Å²) in [5, 5.41) is 12.0. The summed E-state index contributed by atoms with van der Waals surface area (Å²) in [5.74, 6) is 0.432. The van der Waals surface area contributed by atoms with E-state index in [2.05, 4.69) is 53.6 Å². The summed E-state index contributed by atoms with van der Waals surface area (Å²) in [5.41, 5.74) is 1.44. The molecule has 0 spiro atoms. The van der Waals surface area contributed by atoms with Gasteiger partial charge in [0.25, 0.3) is 0 Å². The van der Waals surface area contributed by atoms with Crippen molar-refractivity contribution in [3.63, 3.8) is 0 Å². The predicted molar refractivity (Wildman–Crippen MR) is 101 cm³/mol. The molecule has 0 radical (unpaired) electrons. The maximum absolute atomic E-state index is 12.4. The van der Waals surface area contributed by atoms with Crippen molar-refractivity contribution in [1.82, 2.24) is 20.1 Å². The van der Waals surface area contributed by atoms with E-state index in [-0.39, 0.29) is 11.3 Å². The third-order valence-electron chi connectivity index (χ3n) is 5.00. The second-order valence-corrected chi connectivity index (χ2v) is 7.98. The molecule has 0 saturated heterocycles. The third-order valence-corrected chi connectivity index (χ3v) is 5.96. The molecule has 1 aliphatic carbocycles. The van der Waals surface area contributed by atoms with Crippen LogP contribution in [0.1, 0.15) is 51.1 Å². The van der Waals surface area contributed by atoms with E-state index in [4.69, 9.17) is 0 Å². The molecular formula is C19H26N4OS. The van der Waals surface area contributed by atoms with Crippen LogP contribution in [0.5, 0.6) is 0 Å². The predicted octanol–water partition coefficient (Wildman–Crippen LogP) is 3.58. The summed E-state index contributed by atoms with van der Waals surface area (Å²) in [6, 6.07) is 10.9. The highest BCUT2D eigenvalue weighted by molar-refractivity contribution is 7.99. The zero-order valence-corrected chi connectivity index (χ0v) is 15.8. The van der Waals surface area contributed by atoms with Gasteiger partial charge in [-0.1, -0.05) is 54.9 Å². The van der Waals surface area contributed by atoms with E-state index in [9.17, 15) is 4.79 Å². The summed E-state index contributed by atoms with van der Waals surface area (Å²) in [4.78, 5) is 12.4. The second-order valence-electron chi connectivity index (χ2n) is 7.03. The van der Waals surface area contributed by atoms with Crippen LogP contribution in [-0.4, -0.2) is 33.0 Å². The molecule has 0 bridgehead atoms. The number of benzene rings is 1. The molecule has 6 heteroatoms. The number of nitrogens with zero attached hydrogens (tertiary/aromatic N) is 3. The standard InChI is InChI=1S/C19H26N4OS/c1-15(2)23-14-21-22-18(23)25-12-17(24)20-13-19(10-6-7-11-19)16-8-4-3-5-9-16/h3-5,8-9,14-15H,6-7,10-13H2,1-2H3,(H,20,24). The van der Waals surface area contributed by atoms with Crippen molar-refractivity contribution in [2.75, 3.05) is 12.3 Å². The van der Waals surface area contributed by atoms with Crippen LogP contribution >= 0.6 is 11.8 Å². The van der Waals surface area contributed by atoms with Crippen molar-refractivity contribution in [2.45, 2.75) is 56.1 Å². The minimum Gasteiger partial charge on any atom is -0.354 e. The van der Waals surface area contributed by atoms with Gasteiger partial charge in [-0.15, -0.1) is 10.2 Å². The van der Waals surface area contributed by atoms with Crippen LogP contribution in [0, 0.1) is 0 Å². The van der Waals surface area contributed by atoms with Crippen molar-refractivity contribution in [2.24, 2.45) is 0 Å². The molecule has 1 aromatic heterocycles. The van der Waals surface area contributed by atoms with Gasteiger partial charge in [-0.2, -0.15) is 0 Å². The lowest BCUT2D eigenvalue weighted by Crippen LogP contribution is -2.39. The molecule has 1 heterocycles. The zero-order valence-electron chi connectivity index (χ0n) is 14.9. The van der Waals surface area contributed by atoms with Crippen molar-refractivity contribution < 1.29 is 4.79 Å². The molecule has 1 fully saturated rings. The Bertz CT molecular complexity index is 692. The van der Waals surface area contributed by atoms with Gasteiger partial charge < -0.3 is 9.88 Å². The van der Waals surface area contributed by atoms with Gasteiger partial charge in [0.05, 0.1) is 5.75 Å². The van der Waals surface area contributed by atoms with Gasteiger partial charge in [0, 0.05) is 18.0 Å². The van der Waals surface area contributed by atoms with Gasteiger partial charge in [-0.3, -0.25) is 4.79 Å². The number of hydrogen-bond donors (Lipinski definition) is 1. The summed E-state index contributed by atoms with van der Waals surface area (Å²) in [6.07, 6.45) is 6.47. The van der Waals surface area contributed by atoms with Crippen LogP contribution in [0.4, 0.5) is 0 Å². The summed E-state index contributed by atoms with van der Waals surface area (Å²) in [6.45, 7) is 4.88. The van der Waals surface area contributed by atoms with Crippen LogP contribution in [0.15, 0.2) is 41.8 Å². The first-order valence-corrected chi connectivity index (χ1v) is 9.94. The summed E-state index contributed by atoms with van der Waals surface area (Å²) >= 11 is 1.44. The fraction of sp³-hybridized carbons (Fsp3) is 0.526. The quantitative estimate of drug-likeness (QED) is 0.769. The highest BCUT2D eigenvalue weighted by Gasteiger charge is 2.35. The largest absolute Gasteiger partial charge is 0.354 e. The normalized spacial score (nSPS) is 16.3. The van der Waals surface area contributed by atoms with Crippen LogP contribution in [-0.2, 0) is 10.2 Å². The molecule has 1 aliphatic rings. The molecule has 1 amide bonds. The number of hydrogen-bond acceptors (Lipinski definition) is 4. The molecule has 1 aromatic carbocycles. The Kier molecular flexibility index (Phi) is 5.78.